The van der Waals surface area contributed by atoms with Crippen LogP contribution in [-0.2, 0) is 9.73 Å². The molecule has 0 aliphatic rings. The maximum atomic E-state index is 13.4. The number of benzene rings is 2. The lowest BCUT2D eigenvalue weighted by molar-refractivity contribution is 0.100. The summed E-state index contributed by atoms with van der Waals surface area (Å²) in [6.45, 7) is 1.66. The molecule has 5 nitrogen and oxygen atoms in total. The van der Waals surface area contributed by atoms with Crippen LogP contribution in [0.25, 0.3) is 0 Å². The Bertz CT molecular complexity index is 1280. The summed E-state index contributed by atoms with van der Waals surface area (Å²) in [5.74, 6) is 5.49. The highest BCUT2D eigenvalue weighted by molar-refractivity contribution is 7.93. The van der Waals surface area contributed by atoms with E-state index in [1.165, 1.54) is 37.9 Å². The first-order chi connectivity index (χ1) is 14.3. The number of carbonyl (C=O) groups is 1. The van der Waals surface area contributed by atoms with E-state index in [1.807, 2.05) is 0 Å². The number of ether oxygens (including phenoxy) is 1. The van der Waals surface area contributed by atoms with Crippen LogP contribution in [0.5, 0.6) is 5.75 Å². The lowest BCUT2D eigenvalue weighted by Crippen LogP contribution is -2.04. The molecular weight excluding hydrogens is 403 g/mol. The van der Waals surface area contributed by atoms with Gasteiger partial charge >= 0.3 is 0 Å². The van der Waals surface area contributed by atoms with E-state index >= 15 is 0 Å². The van der Waals surface area contributed by atoms with E-state index in [2.05, 4.69) is 21.2 Å². The van der Waals surface area contributed by atoms with Crippen LogP contribution >= 0.6 is 0 Å². The van der Waals surface area contributed by atoms with Gasteiger partial charge in [0.05, 0.1) is 22.4 Å². The molecule has 2 aromatic carbocycles. The van der Waals surface area contributed by atoms with Crippen molar-refractivity contribution in [2.75, 3.05) is 13.4 Å². The van der Waals surface area contributed by atoms with Crippen molar-refractivity contribution in [2.45, 2.75) is 11.8 Å². The molecule has 1 heterocycles. The highest BCUT2D eigenvalue weighted by atomic mass is 32.2. The second kappa shape index (κ2) is 8.89. The zero-order chi connectivity index (χ0) is 21.7. The Hall–Kier alpha value is -3.50. The van der Waals surface area contributed by atoms with Crippen molar-refractivity contribution in [2.24, 2.45) is 4.36 Å². The van der Waals surface area contributed by atoms with E-state index in [9.17, 15) is 13.4 Å². The summed E-state index contributed by atoms with van der Waals surface area (Å²) in [6, 6.07) is 12.7. The Morgan fingerprint density at radius 1 is 1.07 bits per heavy atom. The van der Waals surface area contributed by atoms with Gasteiger partial charge in [0.2, 0.25) is 0 Å². The predicted molar refractivity (Wildman–Crippen MR) is 113 cm³/mol. The van der Waals surface area contributed by atoms with Gasteiger partial charge in [-0.15, -0.1) is 0 Å². The van der Waals surface area contributed by atoms with Crippen LogP contribution in [0.2, 0.25) is 0 Å². The SMILES string of the molecule is COc1ccc(S(C)(=O)=NC(=O)c2cncc(C#Cc3ccc(F)c(C)c3)c2)cc1. The second-order valence-corrected chi connectivity index (χ2v) is 8.81. The van der Waals surface area contributed by atoms with Crippen molar-refractivity contribution in [3.8, 4) is 17.6 Å². The lowest BCUT2D eigenvalue weighted by Gasteiger charge is -2.05. The molecule has 0 aliphatic heterocycles. The van der Waals surface area contributed by atoms with Crippen molar-refractivity contribution in [1.82, 2.24) is 4.98 Å². The summed E-state index contributed by atoms with van der Waals surface area (Å²) in [4.78, 5) is 17.0. The summed E-state index contributed by atoms with van der Waals surface area (Å²) in [5, 5.41) is 0. The Morgan fingerprint density at radius 3 is 2.43 bits per heavy atom. The van der Waals surface area contributed by atoms with Gasteiger partial charge in [-0.25, -0.2) is 8.60 Å². The van der Waals surface area contributed by atoms with Crippen LogP contribution in [0.4, 0.5) is 4.39 Å². The molecule has 0 saturated heterocycles. The van der Waals surface area contributed by atoms with Gasteiger partial charge in [-0.1, -0.05) is 11.8 Å². The van der Waals surface area contributed by atoms with E-state index < -0.39 is 15.6 Å². The average molecular weight is 422 g/mol. The number of hydrogen-bond acceptors (Lipinski definition) is 4. The van der Waals surface area contributed by atoms with Crippen LogP contribution in [0.1, 0.15) is 27.0 Å². The van der Waals surface area contributed by atoms with Gasteiger partial charge < -0.3 is 4.74 Å². The summed E-state index contributed by atoms with van der Waals surface area (Å²) in [6.07, 6.45) is 4.26. The third-order valence-electron chi connectivity index (χ3n) is 4.25. The quantitative estimate of drug-likeness (QED) is 0.592. The van der Waals surface area contributed by atoms with E-state index in [0.717, 1.165) is 0 Å². The van der Waals surface area contributed by atoms with Gasteiger partial charge in [0.15, 0.2) is 0 Å². The monoisotopic (exact) mass is 422 g/mol. The first-order valence-corrected chi connectivity index (χ1v) is 10.8. The Balaban J connectivity index is 1.87. The highest BCUT2D eigenvalue weighted by Gasteiger charge is 2.12. The maximum Gasteiger partial charge on any atom is 0.286 e. The number of amides is 1. The third-order valence-corrected chi connectivity index (χ3v) is 5.91. The topological polar surface area (TPSA) is 68.6 Å². The molecule has 0 fully saturated rings. The van der Waals surface area contributed by atoms with Crippen molar-refractivity contribution < 1.29 is 18.1 Å². The van der Waals surface area contributed by atoms with E-state index in [4.69, 9.17) is 4.74 Å². The third kappa shape index (κ3) is 5.10. The predicted octanol–water partition coefficient (Wildman–Crippen LogP) is 4.23. The lowest BCUT2D eigenvalue weighted by atomic mass is 10.1. The summed E-state index contributed by atoms with van der Waals surface area (Å²) in [7, 11) is -1.41. The number of nitrogens with zero attached hydrogens (tertiary/aromatic N) is 2. The first-order valence-electron chi connectivity index (χ1n) is 8.92. The molecule has 152 valence electrons. The maximum absolute atomic E-state index is 13.4. The molecule has 7 heteroatoms. The van der Waals surface area contributed by atoms with Crippen molar-refractivity contribution in [3.63, 3.8) is 0 Å². The second-order valence-electron chi connectivity index (χ2n) is 6.55. The zero-order valence-electron chi connectivity index (χ0n) is 16.7. The molecule has 1 aromatic heterocycles. The molecule has 0 saturated carbocycles. The number of methoxy groups -OCH3 is 1. The molecule has 30 heavy (non-hydrogen) atoms. The van der Waals surface area contributed by atoms with Crippen LogP contribution in [-0.4, -0.2) is 28.5 Å². The number of pyridine rings is 1. The summed E-state index contributed by atoms with van der Waals surface area (Å²) in [5.41, 5.74) is 1.82. The van der Waals surface area contributed by atoms with Crippen molar-refractivity contribution in [1.29, 1.82) is 0 Å². The van der Waals surface area contributed by atoms with Crippen molar-refractivity contribution in [3.05, 3.63) is 89.0 Å². The Morgan fingerprint density at radius 2 is 1.77 bits per heavy atom. The number of hydrogen-bond donors (Lipinski definition) is 0. The molecule has 0 bridgehead atoms. The molecule has 3 aromatic rings. The molecule has 1 unspecified atom stereocenters. The van der Waals surface area contributed by atoms with Crippen LogP contribution in [0, 0.1) is 24.6 Å². The number of rotatable bonds is 3. The standard InChI is InChI=1S/C23H19FN2O3S/c1-16-12-17(6-11-22(16)24)4-5-18-13-19(15-25-14-18)23(27)26-30(3,28)21-9-7-20(29-2)8-10-21/h6-15H,1-3H3. The minimum Gasteiger partial charge on any atom is -0.497 e. The Labute approximate surface area is 175 Å². The van der Waals surface area contributed by atoms with Gasteiger partial charge in [-0.3, -0.25) is 9.78 Å². The van der Waals surface area contributed by atoms with Crippen LogP contribution in [0.15, 0.2) is 70.2 Å². The highest BCUT2D eigenvalue weighted by Crippen LogP contribution is 2.18. The van der Waals surface area contributed by atoms with Crippen molar-refractivity contribution >= 4 is 15.6 Å². The smallest absolute Gasteiger partial charge is 0.286 e. The van der Waals surface area contributed by atoms with E-state index in [1.54, 1.807) is 43.3 Å². The Kier molecular flexibility index (Phi) is 6.28. The van der Waals surface area contributed by atoms with E-state index in [0.29, 0.717) is 27.3 Å². The fraction of sp³-hybridized carbons (Fsp3) is 0.130. The van der Waals surface area contributed by atoms with E-state index in [-0.39, 0.29) is 11.4 Å². The average Bonchev–Trinajstić information content (AvgIpc) is 2.74. The molecule has 0 radical (unpaired) electrons. The molecular formula is C23H19FN2O3S. The molecule has 1 amide bonds. The van der Waals surface area contributed by atoms with Gasteiger partial charge in [-0.05, 0) is 61.0 Å². The molecule has 1 atom stereocenters. The zero-order valence-corrected chi connectivity index (χ0v) is 17.5. The van der Waals surface area contributed by atoms with Gasteiger partial charge in [0.1, 0.15) is 11.6 Å². The fourth-order valence-electron chi connectivity index (χ4n) is 2.58. The van der Waals surface area contributed by atoms with Gasteiger partial charge in [0, 0.05) is 34.7 Å². The van der Waals surface area contributed by atoms with Crippen LogP contribution in [0.3, 0.4) is 0 Å². The fourth-order valence-corrected chi connectivity index (χ4v) is 3.75. The number of aryl methyl sites for hydroxylation is 1. The number of carbonyl (C=O) groups excluding carboxylic acids is 1. The van der Waals surface area contributed by atoms with Gasteiger partial charge in [0.25, 0.3) is 5.91 Å². The van der Waals surface area contributed by atoms with Gasteiger partial charge in [-0.2, -0.15) is 4.36 Å². The molecule has 0 spiro atoms. The normalized spacial score (nSPS) is 12.3. The van der Waals surface area contributed by atoms with Crippen LogP contribution < -0.4 is 4.74 Å². The summed E-state index contributed by atoms with van der Waals surface area (Å²) >= 11 is 0. The number of aromatic nitrogens is 1. The largest absolute Gasteiger partial charge is 0.497 e. The minimum atomic E-state index is -2.94. The minimum absolute atomic E-state index is 0.181. The first kappa shape index (κ1) is 21.2. The number of halogens is 1. The molecule has 3 rings (SSSR count). The molecule has 0 aliphatic carbocycles. The molecule has 0 N–H and O–H groups in total. The summed E-state index contributed by atoms with van der Waals surface area (Å²) < 4.78 is 35.3.